The molecule has 1 aromatic rings. The van der Waals surface area contributed by atoms with Gasteiger partial charge in [0.15, 0.2) is 0 Å². The highest BCUT2D eigenvalue weighted by Crippen LogP contribution is 2.36. The summed E-state index contributed by atoms with van der Waals surface area (Å²) in [5, 5.41) is 10.7. The van der Waals surface area contributed by atoms with Crippen LogP contribution in [-0.4, -0.2) is 18.2 Å². The van der Waals surface area contributed by atoms with E-state index in [-0.39, 0.29) is 5.97 Å². The van der Waals surface area contributed by atoms with Crippen molar-refractivity contribution in [2.24, 2.45) is 5.92 Å². The molecule has 2 unspecified atom stereocenters. The molecule has 4 heteroatoms. The summed E-state index contributed by atoms with van der Waals surface area (Å²) >= 11 is 5.88. The maximum Gasteiger partial charge on any atom is 0.311 e. The maximum atomic E-state index is 11.4. The van der Waals surface area contributed by atoms with E-state index in [0.717, 1.165) is 17.5 Å². The van der Waals surface area contributed by atoms with Gasteiger partial charge in [-0.2, -0.15) is 0 Å². The van der Waals surface area contributed by atoms with E-state index in [9.17, 15) is 9.90 Å². The Kier molecular flexibility index (Phi) is 3.17. The molecule has 86 valence electrons. The largest absolute Gasteiger partial charge is 0.469 e. The van der Waals surface area contributed by atoms with E-state index >= 15 is 0 Å². The van der Waals surface area contributed by atoms with Crippen molar-refractivity contribution >= 4 is 17.6 Å². The number of carbonyl (C=O) groups is 1. The molecule has 0 bridgehead atoms. The van der Waals surface area contributed by atoms with Gasteiger partial charge in [0.25, 0.3) is 0 Å². The van der Waals surface area contributed by atoms with Crippen LogP contribution >= 0.6 is 11.6 Å². The summed E-state index contributed by atoms with van der Waals surface area (Å²) < 4.78 is 4.67. The average Bonchev–Trinajstić information content (AvgIpc) is 2.28. The maximum absolute atomic E-state index is 11.4. The molecule has 0 radical (unpaired) electrons. The highest BCUT2D eigenvalue weighted by molar-refractivity contribution is 6.30. The van der Waals surface area contributed by atoms with E-state index < -0.39 is 12.0 Å². The van der Waals surface area contributed by atoms with E-state index in [4.69, 9.17) is 11.6 Å². The van der Waals surface area contributed by atoms with Crippen molar-refractivity contribution in [3.8, 4) is 0 Å². The molecule has 1 N–H and O–H groups in total. The Morgan fingerprint density at radius 3 is 3.00 bits per heavy atom. The van der Waals surface area contributed by atoms with Crippen LogP contribution in [0.3, 0.4) is 0 Å². The third-order valence-corrected chi connectivity index (χ3v) is 3.27. The lowest BCUT2D eigenvalue weighted by molar-refractivity contribution is -0.150. The van der Waals surface area contributed by atoms with Crippen molar-refractivity contribution in [3.63, 3.8) is 0 Å². The van der Waals surface area contributed by atoms with Crippen LogP contribution in [0.25, 0.3) is 0 Å². The first-order valence-electron chi connectivity index (χ1n) is 5.17. The van der Waals surface area contributed by atoms with Crippen LogP contribution in [0.2, 0.25) is 5.02 Å². The Morgan fingerprint density at radius 2 is 2.31 bits per heavy atom. The molecule has 16 heavy (non-hydrogen) atoms. The fraction of sp³-hybridized carbons (Fsp3) is 0.417. The first kappa shape index (κ1) is 11.4. The minimum absolute atomic E-state index is 0.354. The van der Waals surface area contributed by atoms with Crippen LogP contribution in [0.5, 0.6) is 0 Å². The summed E-state index contributed by atoms with van der Waals surface area (Å²) in [6.07, 6.45) is 0.557. The summed E-state index contributed by atoms with van der Waals surface area (Å²) in [5.74, 6) is -0.813. The van der Waals surface area contributed by atoms with Gasteiger partial charge in [-0.25, -0.2) is 0 Å². The molecule has 2 atom stereocenters. The zero-order valence-electron chi connectivity index (χ0n) is 8.94. The van der Waals surface area contributed by atoms with E-state index in [1.807, 2.05) is 6.07 Å². The minimum Gasteiger partial charge on any atom is -0.469 e. The van der Waals surface area contributed by atoms with E-state index in [2.05, 4.69) is 4.74 Å². The Morgan fingerprint density at radius 1 is 1.56 bits per heavy atom. The Balaban J connectivity index is 2.32. The summed E-state index contributed by atoms with van der Waals surface area (Å²) in [4.78, 5) is 11.4. The summed E-state index contributed by atoms with van der Waals surface area (Å²) in [6.45, 7) is 0. The van der Waals surface area contributed by atoms with Gasteiger partial charge in [0.1, 0.15) is 0 Å². The van der Waals surface area contributed by atoms with Gasteiger partial charge < -0.3 is 9.84 Å². The number of aliphatic hydroxyl groups excluding tert-OH is 1. The second kappa shape index (κ2) is 4.44. The molecule has 0 heterocycles. The first-order valence-corrected chi connectivity index (χ1v) is 5.55. The topological polar surface area (TPSA) is 46.5 Å². The monoisotopic (exact) mass is 240 g/mol. The van der Waals surface area contributed by atoms with E-state index in [0.29, 0.717) is 11.4 Å². The highest BCUT2D eigenvalue weighted by Gasteiger charge is 2.33. The molecule has 0 saturated carbocycles. The third kappa shape index (κ3) is 1.93. The number of halogens is 1. The highest BCUT2D eigenvalue weighted by atomic mass is 35.5. The Bertz CT molecular complexity index is 417. The molecule has 1 aliphatic rings. The van der Waals surface area contributed by atoms with Gasteiger partial charge in [-0.05, 0) is 36.1 Å². The average molecular weight is 241 g/mol. The molecule has 0 saturated heterocycles. The molecular weight excluding hydrogens is 228 g/mol. The Labute approximate surface area is 99.0 Å². The van der Waals surface area contributed by atoms with Crippen LogP contribution in [0.4, 0.5) is 0 Å². The molecule has 3 nitrogen and oxygen atoms in total. The summed E-state index contributed by atoms with van der Waals surface area (Å²) in [5.41, 5.74) is 1.80. The van der Waals surface area contributed by atoms with Crippen molar-refractivity contribution in [2.75, 3.05) is 7.11 Å². The fourth-order valence-electron chi connectivity index (χ4n) is 2.16. The fourth-order valence-corrected chi connectivity index (χ4v) is 2.36. The van der Waals surface area contributed by atoms with Crippen molar-refractivity contribution in [3.05, 3.63) is 34.3 Å². The number of hydrogen-bond acceptors (Lipinski definition) is 3. The van der Waals surface area contributed by atoms with Crippen LogP contribution in [0.15, 0.2) is 18.2 Å². The predicted octanol–water partition coefficient (Wildman–Crippen LogP) is 2.11. The number of esters is 1. The molecule has 1 aliphatic carbocycles. The van der Waals surface area contributed by atoms with Gasteiger partial charge >= 0.3 is 5.97 Å². The lowest BCUT2D eigenvalue weighted by Crippen LogP contribution is -2.28. The summed E-state index contributed by atoms with van der Waals surface area (Å²) in [6, 6.07) is 5.34. The number of methoxy groups -OCH3 is 1. The van der Waals surface area contributed by atoms with Crippen molar-refractivity contribution in [1.82, 2.24) is 0 Å². The Hall–Kier alpha value is -1.06. The number of rotatable bonds is 1. The van der Waals surface area contributed by atoms with Gasteiger partial charge in [0, 0.05) is 5.02 Å². The van der Waals surface area contributed by atoms with Crippen LogP contribution in [0.1, 0.15) is 23.7 Å². The molecular formula is C12H13ClO3. The van der Waals surface area contributed by atoms with Gasteiger partial charge in [-0.3, -0.25) is 4.79 Å². The van der Waals surface area contributed by atoms with Crippen molar-refractivity contribution in [2.45, 2.75) is 18.9 Å². The molecule has 0 aliphatic heterocycles. The van der Waals surface area contributed by atoms with E-state index in [1.165, 1.54) is 7.11 Å². The lowest BCUT2D eigenvalue weighted by Gasteiger charge is -2.28. The number of carbonyl (C=O) groups excluding carboxylic acids is 1. The van der Waals surface area contributed by atoms with Gasteiger partial charge in [-0.15, -0.1) is 0 Å². The molecule has 2 rings (SSSR count). The summed E-state index contributed by atoms with van der Waals surface area (Å²) in [7, 11) is 1.34. The first-order chi connectivity index (χ1) is 7.63. The zero-order valence-corrected chi connectivity index (χ0v) is 9.70. The SMILES string of the molecule is COC(=O)C1CCc2cc(Cl)ccc2C1O. The third-order valence-electron chi connectivity index (χ3n) is 3.03. The minimum atomic E-state index is -0.784. The van der Waals surface area contributed by atoms with Crippen LogP contribution in [0, 0.1) is 5.92 Å². The predicted molar refractivity (Wildman–Crippen MR) is 60.2 cm³/mol. The standard InChI is InChI=1S/C12H13ClO3/c1-16-12(15)10-4-2-7-6-8(13)3-5-9(7)11(10)14/h3,5-6,10-11,14H,2,4H2,1H3. The number of aliphatic hydroxyl groups is 1. The van der Waals surface area contributed by atoms with Crippen LogP contribution < -0.4 is 0 Å². The number of benzene rings is 1. The smallest absolute Gasteiger partial charge is 0.311 e. The normalized spacial score (nSPS) is 23.7. The second-order valence-corrected chi connectivity index (χ2v) is 4.39. The molecule has 0 amide bonds. The number of fused-ring (bicyclic) bond motifs is 1. The quantitative estimate of drug-likeness (QED) is 0.765. The van der Waals surface area contributed by atoms with Gasteiger partial charge in [0.2, 0.25) is 0 Å². The molecule has 0 fully saturated rings. The number of ether oxygens (including phenoxy) is 1. The van der Waals surface area contributed by atoms with Crippen molar-refractivity contribution < 1.29 is 14.6 Å². The van der Waals surface area contributed by atoms with Gasteiger partial charge in [-0.1, -0.05) is 17.7 Å². The lowest BCUT2D eigenvalue weighted by atomic mass is 9.81. The van der Waals surface area contributed by atoms with E-state index in [1.54, 1.807) is 12.1 Å². The molecule has 0 spiro atoms. The van der Waals surface area contributed by atoms with Gasteiger partial charge in [0.05, 0.1) is 19.1 Å². The number of aryl methyl sites for hydroxylation is 1. The molecule has 0 aromatic heterocycles. The molecule has 1 aromatic carbocycles. The van der Waals surface area contributed by atoms with Crippen LogP contribution in [-0.2, 0) is 16.0 Å². The second-order valence-electron chi connectivity index (χ2n) is 3.96. The zero-order chi connectivity index (χ0) is 11.7. The van der Waals surface area contributed by atoms with Crippen molar-refractivity contribution in [1.29, 1.82) is 0 Å². The number of hydrogen-bond donors (Lipinski definition) is 1.